The number of rotatable bonds is 1. The third kappa shape index (κ3) is 2.41. The number of alkyl halides is 3. The number of halogens is 3. The molecule has 5 fully saturated rings. The Kier molecular flexibility index (Phi) is 3.76. The molecule has 8 heteroatoms. The van der Waals surface area contributed by atoms with E-state index < -0.39 is 36.2 Å². The van der Waals surface area contributed by atoms with Gasteiger partial charge < -0.3 is 9.47 Å². The summed E-state index contributed by atoms with van der Waals surface area (Å²) in [7, 11) is 0. The summed E-state index contributed by atoms with van der Waals surface area (Å²) in [5.74, 6) is -1.16. The zero-order chi connectivity index (χ0) is 17.3. The second-order valence-corrected chi connectivity index (χ2v) is 7.84. The summed E-state index contributed by atoms with van der Waals surface area (Å²) in [5.41, 5.74) is -0.863. The molecule has 138 valence electrons. The Hall–Kier alpha value is -0.410. The summed E-state index contributed by atoms with van der Waals surface area (Å²) in [5, 5.41) is 0. The second kappa shape index (κ2) is 5.30. The van der Waals surface area contributed by atoms with Gasteiger partial charge in [0.25, 0.3) is 0 Å². The maximum Gasteiger partial charge on any atom is 0.524 e. The Morgan fingerprint density at radius 1 is 1.04 bits per heavy atom. The first-order chi connectivity index (χ1) is 11.1. The molecule has 0 N–H and O–H groups in total. The average molecular weight is 352 g/mol. The first kappa shape index (κ1) is 17.0. The maximum atomic E-state index is 12.8. The Morgan fingerprint density at radius 3 is 2.50 bits per heavy atom. The van der Waals surface area contributed by atoms with Crippen LogP contribution in [0.5, 0.6) is 0 Å². The molecule has 0 amide bonds. The molecule has 5 aliphatic rings. The number of hydrogen-bond donors (Lipinski definition) is 0. The topological polar surface area (TPSA) is 46.2 Å². The van der Waals surface area contributed by atoms with Crippen molar-refractivity contribution >= 4 is 0 Å². The first-order valence-corrected chi connectivity index (χ1v) is 8.59. The number of fused-ring (bicyclic) bond motifs is 2. The van der Waals surface area contributed by atoms with Crippen LogP contribution in [0.4, 0.5) is 13.2 Å². The van der Waals surface area contributed by atoms with Gasteiger partial charge in [0.05, 0.1) is 0 Å². The molecule has 5 rings (SSSR count). The van der Waals surface area contributed by atoms with Crippen molar-refractivity contribution < 1.29 is 37.2 Å². The Balaban J connectivity index is 1.72. The predicted octanol–water partition coefficient (Wildman–Crippen LogP) is 3.73. The fourth-order valence-electron chi connectivity index (χ4n) is 5.14. The van der Waals surface area contributed by atoms with Crippen molar-refractivity contribution in [2.24, 2.45) is 23.7 Å². The summed E-state index contributed by atoms with van der Waals surface area (Å²) in [6, 6.07) is 0. The summed E-state index contributed by atoms with van der Waals surface area (Å²) in [6.45, 7) is 5.61. The van der Waals surface area contributed by atoms with Crippen LogP contribution in [0.2, 0.25) is 0 Å². The lowest BCUT2D eigenvalue weighted by atomic mass is 9.58. The van der Waals surface area contributed by atoms with Crippen molar-refractivity contribution in [2.45, 2.75) is 76.8 Å². The third-order valence-electron chi connectivity index (χ3n) is 6.35. The lowest BCUT2D eigenvalue weighted by Gasteiger charge is -2.60. The zero-order valence-corrected chi connectivity index (χ0v) is 14.0. The van der Waals surface area contributed by atoms with E-state index in [1.165, 1.54) is 0 Å². The van der Waals surface area contributed by atoms with Crippen LogP contribution in [0.1, 0.15) is 46.5 Å². The van der Waals surface area contributed by atoms with Crippen molar-refractivity contribution in [3.63, 3.8) is 0 Å². The van der Waals surface area contributed by atoms with Crippen LogP contribution in [-0.4, -0.2) is 30.3 Å². The molecule has 0 aromatic heterocycles. The fourth-order valence-corrected chi connectivity index (χ4v) is 5.14. The minimum absolute atomic E-state index is 0.125. The summed E-state index contributed by atoms with van der Waals surface area (Å²) in [4.78, 5) is 11.4. The standard InChI is InChI=1S/C16H23F3O5/c1-8-4-5-11-9(2)12(21-16(17,18)19)20-13-15(11)10(8)6-7-14(3,22-13)23-24-15/h8-13H,4-7H2,1-3H3/t8-,9-,10+,11+,12+,13-,14-,15-/m1/s1. The van der Waals surface area contributed by atoms with E-state index >= 15 is 0 Å². The van der Waals surface area contributed by atoms with E-state index in [0.29, 0.717) is 12.3 Å². The van der Waals surface area contributed by atoms with Crippen molar-refractivity contribution in [1.82, 2.24) is 0 Å². The van der Waals surface area contributed by atoms with Crippen LogP contribution in [0.25, 0.3) is 0 Å². The van der Waals surface area contributed by atoms with E-state index in [9.17, 15) is 13.2 Å². The maximum absolute atomic E-state index is 12.8. The molecule has 4 saturated heterocycles. The summed E-state index contributed by atoms with van der Waals surface area (Å²) in [6.07, 6.45) is -3.94. The van der Waals surface area contributed by atoms with Gasteiger partial charge in [-0.3, -0.25) is 4.74 Å². The molecule has 1 aliphatic carbocycles. The highest BCUT2D eigenvalue weighted by molar-refractivity contribution is 5.09. The second-order valence-electron chi connectivity index (χ2n) is 7.84. The molecule has 4 aliphatic heterocycles. The molecule has 0 unspecified atom stereocenters. The van der Waals surface area contributed by atoms with Gasteiger partial charge in [-0.1, -0.05) is 13.8 Å². The van der Waals surface area contributed by atoms with Crippen molar-refractivity contribution in [1.29, 1.82) is 0 Å². The predicted molar refractivity (Wildman–Crippen MR) is 74.0 cm³/mol. The van der Waals surface area contributed by atoms with Crippen molar-refractivity contribution in [3.8, 4) is 0 Å². The summed E-state index contributed by atoms with van der Waals surface area (Å²) >= 11 is 0. The zero-order valence-electron chi connectivity index (χ0n) is 14.0. The van der Waals surface area contributed by atoms with Crippen LogP contribution in [0.3, 0.4) is 0 Å². The van der Waals surface area contributed by atoms with Gasteiger partial charge in [-0.2, -0.15) is 0 Å². The quantitative estimate of drug-likeness (QED) is 0.673. The van der Waals surface area contributed by atoms with Gasteiger partial charge in [0.15, 0.2) is 18.2 Å². The molecule has 1 saturated carbocycles. The van der Waals surface area contributed by atoms with Gasteiger partial charge in [0.1, 0.15) is 0 Å². The number of hydrogen-bond acceptors (Lipinski definition) is 5. The molecule has 0 radical (unpaired) electrons. The molecule has 1 spiro atoms. The fraction of sp³-hybridized carbons (Fsp3) is 1.00. The van der Waals surface area contributed by atoms with Crippen LogP contribution >= 0.6 is 0 Å². The highest BCUT2D eigenvalue weighted by Crippen LogP contribution is 2.60. The van der Waals surface area contributed by atoms with E-state index in [1.54, 1.807) is 13.8 Å². The average Bonchev–Trinajstić information content (AvgIpc) is 2.69. The van der Waals surface area contributed by atoms with Gasteiger partial charge in [-0.05, 0) is 38.0 Å². The Morgan fingerprint density at radius 2 is 1.79 bits per heavy atom. The van der Waals surface area contributed by atoms with Crippen LogP contribution in [0.15, 0.2) is 0 Å². The van der Waals surface area contributed by atoms with Gasteiger partial charge in [0, 0.05) is 18.3 Å². The number of ether oxygens (including phenoxy) is 3. The SMILES string of the molecule is C[C@H]1[C@H](OC(F)(F)F)O[C@@H]2O[C@@]3(C)CC[C@H]4[C@H](C)CC[C@@H]1[C@@]24OO3. The van der Waals surface area contributed by atoms with E-state index in [4.69, 9.17) is 19.2 Å². The summed E-state index contributed by atoms with van der Waals surface area (Å²) < 4.78 is 54.1. The monoisotopic (exact) mass is 352 g/mol. The molecule has 5 nitrogen and oxygen atoms in total. The van der Waals surface area contributed by atoms with Crippen LogP contribution < -0.4 is 0 Å². The lowest BCUT2D eigenvalue weighted by molar-refractivity contribution is -0.582. The van der Waals surface area contributed by atoms with Crippen LogP contribution in [0, 0.1) is 23.7 Å². The molecule has 0 aromatic carbocycles. The van der Waals surface area contributed by atoms with E-state index in [-0.39, 0.29) is 11.8 Å². The molecular weight excluding hydrogens is 329 g/mol. The van der Waals surface area contributed by atoms with Gasteiger partial charge >= 0.3 is 6.36 Å². The normalized spacial score (nSPS) is 54.2. The van der Waals surface area contributed by atoms with Gasteiger partial charge in [-0.25, -0.2) is 9.78 Å². The highest BCUT2D eigenvalue weighted by atomic mass is 19.4. The van der Waals surface area contributed by atoms with Crippen LogP contribution in [-0.2, 0) is 24.0 Å². The molecule has 8 atom stereocenters. The molecule has 24 heavy (non-hydrogen) atoms. The first-order valence-electron chi connectivity index (χ1n) is 8.59. The van der Waals surface area contributed by atoms with Gasteiger partial charge in [-0.15, -0.1) is 13.2 Å². The molecule has 2 bridgehead atoms. The smallest absolute Gasteiger partial charge is 0.320 e. The molecular formula is C16H23F3O5. The highest BCUT2D eigenvalue weighted by Gasteiger charge is 2.70. The minimum Gasteiger partial charge on any atom is -0.320 e. The van der Waals surface area contributed by atoms with Crippen molar-refractivity contribution in [3.05, 3.63) is 0 Å². The Bertz CT molecular complexity index is 514. The van der Waals surface area contributed by atoms with E-state index in [0.717, 1.165) is 19.3 Å². The van der Waals surface area contributed by atoms with Gasteiger partial charge in [0.2, 0.25) is 5.79 Å². The van der Waals surface area contributed by atoms with E-state index in [1.807, 2.05) is 0 Å². The minimum atomic E-state index is -4.75. The van der Waals surface area contributed by atoms with Crippen molar-refractivity contribution in [2.75, 3.05) is 0 Å². The third-order valence-corrected chi connectivity index (χ3v) is 6.35. The lowest BCUT2D eigenvalue weighted by Crippen LogP contribution is -2.70. The van der Waals surface area contributed by atoms with E-state index in [2.05, 4.69) is 11.7 Å². The molecule has 0 aromatic rings. The Labute approximate surface area is 138 Å². The largest absolute Gasteiger partial charge is 0.524 e. The molecule has 4 heterocycles.